The van der Waals surface area contributed by atoms with Crippen LogP contribution in [0.4, 0.5) is 0 Å². The van der Waals surface area contributed by atoms with Gasteiger partial charge in [0, 0.05) is 18.2 Å². The third kappa shape index (κ3) is 3.04. The monoisotopic (exact) mass is 327 g/mol. The fourth-order valence-corrected chi connectivity index (χ4v) is 3.11. The summed E-state index contributed by atoms with van der Waals surface area (Å²) >= 11 is 0. The Balaban J connectivity index is 1.69. The fraction of sp³-hybridized carbons (Fsp3) is 0.389. The maximum absolute atomic E-state index is 12.4. The zero-order valence-electron chi connectivity index (χ0n) is 13.7. The number of rotatable bonds is 6. The summed E-state index contributed by atoms with van der Waals surface area (Å²) in [4.78, 5) is 23.3. The Labute approximate surface area is 140 Å². The van der Waals surface area contributed by atoms with Crippen molar-refractivity contribution in [2.45, 2.75) is 39.2 Å². The average Bonchev–Trinajstić information content (AvgIpc) is 3.03. The third-order valence-electron chi connectivity index (χ3n) is 4.91. The van der Waals surface area contributed by atoms with E-state index >= 15 is 0 Å². The molecule has 0 aliphatic heterocycles. The first-order valence-corrected chi connectivity index (χ1v) is 8.21. The van der Waals surface area contributed by atoms with Crippen LogP contribution in [0.5, 0.6) is 0 Å². The Bertz CT molecular complexity index is 757. The Kier molecular flexibility index (Phi) is 4.38. The first kappa shape index (κ1) is 16.2. The van der Waals surface area contributed by atoms with Crippen LogP contribution in [-0.2, 0) is 11.3 Å². The molecule has 6 nitrogen and oxygen atoms in total. The zero-order valence-corrected chi connectivity index (χ0v) is 13.7. The largest absolute Gasteiger partial charge is 0.476 e. The van der Waals surface area contributed by atoms with Crippen molar-refractivity contribution in [2.75, 3.05) is 0 Å². The van der Waals surface area contributed by atoms with E-state index in [0.29, 0.717) is 6.54 Å². The van der Waals surface area contributed by atoms with Crippen LogP contribution in [0, 0.1) is 5.41 Å². The van der Waals surface area contributed by atoms with Crippen LogP contribution in [-0.4, -0.2) is 26.8 Å². The number of carboxylic acids is 1. The second-order valence-electron chi connectivity index (χ2n) is 6.29. The van der Waals surface area contributed by atoms with Crippen molar-refractivity contribution in [1.82, 2.24) is 15.1 Å². The highest BCUT2D eigenvalue weighted by Gasteiger charge is 2.41. The number of carbonyl (C=O) groups excluding carboxylic acids is 1. The standard InChI is InChI=1S/C18H21N3O3/c1-2-18(8-4-9-18)17(24)19-12-13-5-3-6-14(11-13)21-10-7-15(20-21)16(22)23/h3,5-7,10-11H,2,4,8-9,12H2,1H3,(H,19,24)(H,22,23). The molecule has 0 radical (unpaired) electrons. The van der Waals surface area contributed by atoms with Crippen LogP contribution in [0.2, 0.25) is 0 Å². The number of amides is 1. The number of hydrogen-bond donors (Lipinski definition) is 2. The number of carboxylic acid groups (broad SMARTS) is 1. The number of carbonyl (C=O) groups is 2. The van der Waals surface area contributed by atoms with E-state index in [1.165, 1.54) is 10.7 Å². The average molecular weight is 327 g/mol. The molecule has 1 aromatic carbocycles. The van der Waals surface area contributed by atoms with Crippen LogP contribution < -0.4 is 5.32 Å². The molecule has 1 fully saturated rings. The normalized spacial score (nSPS) is 15.5. The topological polar surface area (TPSA) is 84.2 Å². The lowest BCUT2D eigenvalue weighted by atomic mass is 9.66. The van der Waals surface area contributed by atoms with Gasteiger partial charge in [-0.25, -0.2) is 9.48 Å². The van der Waals surface area contributed by atoms with E-state index in [0.717, 1.165) is 36.9 Å². The van der Waals surface area contributed by atoms with Crippen molar-refractivity contribution < 1.29 is 14.7 Å². The third-order valence-corrected chi connectivity index (χ3v) is 4.91. The second-order valence-corrected chi connectivity index (χ2v) is 6.29. The van der Waals surface area contributed by atoms with E-state index in [2.05, 4.69) is 17.3 Å². The molecule has 1 aromatic heterocycles. The smallest absolute Gasteiger partial charge is 0.356 e. The van der Waals surface area contributed by atoms with Crippen molar-refractivity contribution in [3.63, 3.8) is 0 Å². The Morgan fingerprint density at radius 1 is 1.33 bits per heavy atom. The minimum atomic E-state index is -1.05. The number of hydrogen-bond acceptors (Lipinski definition) is 3. The van der Waals surface area contributed by atoms with E-state index in [4.69, 9.17) is 5.11 Å². The summed E-state index contributed by atoms with van der Waals surface area (Å²) in [6.07, 6.45) is 5.56. The zero-order chi connectivity index (χ0) is 17.2. The van der Waals surface area contributed by atoms with E-state index in [1.54, 1.807) is 6.20 Å². The van der Waals surface area contributed by atoms with Gasteiger partial charge in [0.25, 0.3) is 0 Å². The molecule has 1 aliphatic rings. The van der Waals surface area contributed by atoms with Gasteiger partial charge in [0.2, 0.25) is 5.91 Å². The first-order chi connectivity index (χ1) is 11.5. The van der Waals surface area contributed by atoms with Crippen molar-refractivity contribution in [2.24, 2.45) is 5.41 Å². The lowest BCUT2D eigenvalue weighted by molar-refractivity contribution is -0.136. The van der Waals surface area contributed by atoms with Crippen LogP contribution in [0.15, 0.2) is 36.5 Å². The summed E-state index contributed by atoms with van der Waals surface area (Å²) in [6, 6.07) is 9.02. The molecule has 0 unspecified atom stereocenters. The highest BCUT2D eigenvalue weighted by atomic mass is 16.4. The van der Waals surface area contributed by atoms with Gasteiger partial charge in [0.1, 0.15) is 0 Å². The van der Waals surface area contributed by atoms with Gasteiger partial charge in [0.15, 0.2) is 5.69 Å². The number of nitrogens with zero attached hydrogens (tertiary/aromatic N) is 2. The van der Waals surface area contributed by atoms with Gasteiger partial charge in [0.05, 0.1) is 5.69 Å². The molecule has 24 heavy (non-hydrogen) atoms. The molecule has 0 bridgehead atoms. The lowest BCUT2D eigenvalue weighted by Crippen LogP contribution is -2.44. The molecule has 2 N–H and O–H groups in total. The van der Waals surface area contributed by atoms with Crippen molar-refractivity contribution in [3.8, 4) is 5.69 Å². The predicted molar refractivity (Wildman–Crippen MR) is 88.9 cm³/mol. The summed E-state index contributed by atoms with van der Waals surface area (Å²) in [5.41, 5.74) is 1.56. The van der Waals surface area contributed by atoms with E-state index in [-0.39, 0.29) is 17.0 Å². The minimum Gasteiger partial charge on any atom is -0.476 e. The first-order valence-electron chi connectivity index (χ1n) is 8.21. The molecule has 1 saturated carbocycles. The van der Waals surface area contributed by atoms with Crippen LogP contribution in [0.25, 0.3) is 5.69 Å². The van der Waals surface area contributed by atoms with E-state index in [1.807, 2.05) is 24.3 Å². The maximum Gasteiger partial charge on any atom is 0.356 e. The summed E-state index contributed by atoms with van der Waals surface area (Å²) in [6.45, 7) is 2.53. The van der Waals surface area contributed by atoms with Gasteiger partial charge in [-0.3, -0.25) is 4.79 Å². The van der Waals surface area contributed by atoms with Gasteiger partial charge >= 0.3 is 5.97 Å². The highest BCUT2D eigenvalue weighted by molar-refractivity contribution is 5.85. The molecular formula is C18H21N3O3. The van der Waals surface area contributed by atoms with Gasteiger partial charge in [-0.15, -0.1) is 0 Å². The molecule has 6 heteroatoms. The number of aromatic nitrogens is 2. The van der Waals surface area contributed by atoms with Crippen LogP contribution in [0.1, 0.15) is 48.7 Å². The fourth-order valence-electron chi connectivity index (χ4n) is 3.11. The molecule has 126 valence electrons. The van der Waals surface area contributed by atoms with Crippen molar-refractivity contribution >= 4 is 11.9 Å². The molecule has 1 heterocycles. The number of nitrogens with one attached hydrogen (secondary N) is 1. The summed E-state index contributed by atoms with van der Waals surface area (Å²) in [5.74, 6) is -0.920. The molecular weight excluding hydrogens is 306 g/mol. The SMILES string of the molecule is CCC1(C(=O)NCc2cccc(-n3ccc(C(=O)O)n3)c2)CCC1. The Hall–Kier alpha value is -2.63. The van der Waals surface area contributed by atoms with Crippen molar-refractivity contribution in [1.29, 1.82) is 0 Å². The minimum absolute atomic E-state index is 0.00331. The maximum atomic E-state index is 12.4. The van der Waals surface area contributed by atoms with E-state index in [9.17, 15) is 9.59 Å². The molecule has 1 amide bonds. The molecule has 3 rings (SSSR count). The lowest BCUT2D eigenvalue weighted by Gasteiger charge is -2.39. The molecule has 0 saturated heterocycles. The number of benzene rings is 1. The highest BCUT2D eigenvalue weighted by Crippen LogP contribution is 2.43. The Morgan fingerprint density at radius 3 is 2.71 bits per heavy atom. The van der Waals surface area contributed by atoms with Crippen LogP contribution in [0.3, 0.4) is 0 Å². The summed E-state index contributed by atoms with van der Waals surface area (Å²) in [5, 5.41) is 16.0. The van der Waals surface area contributed by atoms with E-state index < -0.39 is 5.97 Å². The molecule has 2 aromatic rings. The number of aromatic carboxylic acids is 1. The summed E-state index contributed by atoms with van der Waals surface area (Å²) in [7, 11) is 0. The summed E-state index contributed by atoms with van der Waals surface area (Å²) < 4.78 is 1.52. The van der Waals surface area contributed by atoms with Gasteiger partial charge < -0.3 is 10.4 Å². The van der Waals surface area contributed by atoms with Gasteiger partial charge in [-0.2, -0.15) is 5.10 Å². The molecule has 0 spiro atoms. The second kappa shape index (κ2) is 6.47. The van der Waals surface area contributed by atoms with Crippen molar-refractivity contribution in [3.05, 3.63) is 47.8 Å². The van der Waals surface area contributed by atoms with Gasteiger partial charge in [-0.05, 0) is 43.0 Å². The van der Waals surface area contributed by atoms with Crippen LogP contribution >= 0.6 is 0 Å². The Morgan fingerprint density at radius 2 is 2.12 bits per heavy atom. The van der Waals surface area contributed by atoms with Gasteiger partial charge in [-0.1, -0.05) is 25.5 Å². The quantitative estimate of drug-likeness (QED) is 0.854. The molecule has 1 aliphatic carbocycles. The predicted octanol–water partition coefficient (Wildman–Crippen LogP) is 2.77. The molecule has 0 atom stereocenters.